The maximum Gasteiger partial charge on any atom is 0.117 e. The van der Waals surface area contributed by atoms with Crippen molar-refractivity contribution in [2.24, 2.45) is 0 Å². The normalized spacial score (nSPS) is 10.7. The molecule has 0 aromatic carbocycles. The van der Waals surface area contributed by atoms with Crippen LogP contribution in [0.3, 0.4) is 0 Å². The third-order valence-corrected chi connectivity index (χ3v) is 2.07. The van der Waals surface area contributed by atoms with Crippen LogP contribution in [0.25, 0.3) is 0 Å². The lowest BCUT2D eigenvalue weighted by Crippen LogP contribution is -2.15. The second kappa shape index (κ2) is 6.62. The molecule has 0 spiro atoms. The first kappa shape index (κ1) is 11.3. The van der Waals surface area contributed by atoms with Gasteiger partial charge in [-0.25, -0.2) is 0 Å². The molecule has 0 aliphatic heterocycles. The Kier molecular flexibility index (Phi) is 5.33. The molecule has 0 fully saturated rings. The van der Waals surface area contributed by atoms with Gasteiger partial charge in [0, 0.05) is 20.1 Å². The third-order valence-electron chi connectivity index (χ3n) is 2.07. The van der Waals surface area contributed by atoms with E-state index in [4.69, 9.17) is 9.15 Å². The summed E-state index contributed by atoms with van der Waals surface area (Å²) in [5, 5.41) is 3.30. The molecular formula is C11H19NO2. The van der Waals surface area contributed by atoms with Gasteiger partial charge in [-0.1, -0.05) is 6.92 Å². The van der Waals surface area contributed by atoms with Crippen LogP contribution in [-0.4, -0.2) is 20.3 Å². The number of hydrogen-bond donors (Lipinski definition) is 1. The van der Waals surface area contributed by atoms with Crippen LogP contribution in [0.4, 0.5) is 0 Å². The lowest BCUT2D eigenvalue weighted by atomic mass is 10.3. The van der Waals surface area contributed by atoms with Crippen molar-refractivity contribution in [3.8, 4) is 0 Å². The fourth-order valence-corrected chi connectivity index (χ4v) is 1.26. The van der Waals surface area contributed by atoms with Crippen molar-refractivity contribution in [3.05, 3.63) is 23.7 Å². The SMILES string of the molecule is CCc1ccc(CNCCCOC)o1. The number of ether oxygens (including phenoxy) is 1. The van der Waals surface area contributed by atoms with Gasteiger partial charge in [-0.2, -0.15) is 0 Å². The van der Waals surface area contributed by atoms with Crippen LogP contribution >= 0.6 is 0 Å². The summed E-state index contributed by atoms with van der Waals surface area (Å²) in [7, 11) is 1.72. The largest absolute Gasteiger partial charge is 0.465 e. The first-order chi connectivity index (χ1) is 6.86. The van der Waals surface area contributed by atoms with E-state index in [0.717, 1.165) is 44.1 Å². The molecule has 0 atom stereocenters. The van der Waals surface area contributed by atoms with Gasteiger partial charge in [-0.05, 0) is 25.1 Å². The van der Waals surface area contributed by atoms with Gasteiger partial charge in [0.15, 0.2) is 0 Å². The maximum absolute atomic E-state index is 5.55. The van der Waals surface area contributed by atoms with E-state index in [0.29, 0.717) is 0 Å². The average Bonchev–Trinajstić information content (AvgIpc) is 2.65. The molecule has 1 heterocycles. The minimum atomic E-state index is 0.809. The number of furan rings is 1. The van der Waals surface area contributed by atoms with Crippen LogP contribution in [0.5, 0.6) is 0 Å². The number of methoxy groups -OCH3 is 1. The Hall–Kier alpha value is -0.800. The molecule has 1 aromatic heterocycles. The summed E-state index contributed by atoms with van der Waals surface area (Å²) in [5.74, 6) is 2.07. The van der Waals surface area contributed by atoms with Crippen molar-refractivity contribution in [2.45, 2.75) is 26.3 Å². The summed E-state index contributed by atoms with van der Waals surface area (Å²) in [6.07, 6.45) is 2.00. The molecule has 0 aliphatic rings. The highest BCUT2D eigenvalue weighted by Gasteiger charge is 1.98. The molecular weight excluding hydrogens is 178 g/mol. The van der Waals surface area contributed by atoms with Crippen LogP contribution in [0.15, 0.2) is 16.5 Å². The molecule has 0 unspecified atom stereocenters. The monoisotopic (exact) mass is 197 g/mol. The number of nitrogens with one attached hydrogen (secondary N) is 1. The summed E-state index contributed by atoms with van der Waals surface area (Å²) in [4.78, 5) is 0. The molecule has 0 radical (unpaired) electrons. The molecule has 1 N–H and O–H groups in total. The molecule has 0 bridgehead atoms. The molecule has 14 heavy (non-hydrogen) atoms. The van der Waals surface area contributed by atoms with E-state index in [2.05, 4.69) is 12.2 Å². The van der Waals surface area contributed by atoms with Crippen molar-refractivity contribution in [1.82, 2.24) is 5.32 Å². The van der Waals surface area contributed by atoms with Crippen molar-refractivity contribution in [2.75, 3.05) is 20.3 Å². The lowest BCUT2D eigenvalue weighted by Gasteiger charge is -2.01. The van der Waals surface area contributed by atoms with Gasteiger partial charge >= 0.3 is 0 Å². The Balaban J connectivity index is 2.12. The summed E-state index contributed by atoms with van der Waals surface area (Å²) >= 11 is 0. The Bertz CT molecular complexity index is 245. The quantitative estimate of drug-likeness (QED) is 0.679. The van der Waals surface area contributed by atoms with Gasteiger partial charge in [0.05, 0.1) is 6.54 Å². The minimum Gasteiger partial charge on any atom is -0.465 e. The third kappa shape index (κ3) is 3.94. The molecule has 0 aliphatic carbocycles. The van der Waals surface area contributed by atoms with Crippen LogP contribution in [0.1, 0.15) is 24.9 Å². The summed E-state index contributed by atoms with van der Waals surface area (Å²) in [6.45, 7) is 4.68. The molecule has 1 rings (SSSR count). The Morgan fingerprint density at radius 1 is 1.36 bits per heavy atom. The van der Waals surface area contributed by atoms with Crippen LogP contribution in [-0.2, 0) is 17.7 Å². The van der Waals surface area contributed by atoms with E-state index in [-0.39, 0.29) is 0 Å². The highest BCUT2D eigenvalue weighted by molar-refractivity contribution is 5.06. The van der Waals surface area contributed by atoms with Crippen molar-refractivity contribution >= 4 is 0 Å². The number of aryl methyl sites for hydroxylation is 1. The van der Waals surface area contributed by atoms with Gasteiger partial charge < -0.3 is 14.5 Å². The second-order valence-electron chi connectivity index (χ2n) is 3.24. The molecule has 0 saturated heterocycles. The summed E-state index contributed by atoms with van der Waals surface area (Å²) < 4.78 is 10.5. The fraction of sp³-hybridized carbons (Fsp3) is 0.636. The number of rotatable bonds is 7. The average molecular weight is 197 g/mol. The number of hydrogen-bond acceptors (Lipinski definition) is 3. The van der Waals surface area contributed by atoms with E-state index in [1.807, 2.05) is 12.1 Å². The fourth-order valence-electron chi connectivity index (χ4n) is 1.26. The van der Waals surface area contributed by atoms with E-state index in [9.17, 15) is 0 Å². The molecule has 80 valence electrons. The molecule has 0 amide bonds. The van der Waals surface area contributed by atoms with E-state index in [1.54, 1.807) is 7.11 Å². The zero-order chi connectivity index (χ0) is 10.2. The van der Waals surface area contributed by atoms with E-state index >= 15 is 0 Å². The standard InChI is InChI=1S/C11H19NO2/c1-3-10-5-6-11(14-10)9-12-7-4-8-13-2/h5-6,12H,3-4,7-9H2,1-2H3. The highest BCUT2D eigenvalue weighted by atomic mass is 16.5. The van der Waals surface area contributed by atoms with Gasteiger partial charge in [-0.3, -0.25) is 0 Å². The van der Waals surface area contributed by atoms with Crippen LogP contribution < -0.4 is 5.32 Å². The highest BCUT2D eigenvalue weighted by Crippen LogP contribution is 2.07. The first-order valence-electron chi connectivity index (χ1n) is 5.14. The lowest BCUT2D eigenvalue weighted by molar-refractivity contribution is 0.194. The van der Waals surface area contributed by atoms with Gasteiger partial charge in [0.2, 0.25) is 0 Å². The molecule has 3 heteroatoms. The maximum atomic E-state index is 5.55. The predicted octanol–water partition coefficient (Wildman–Crippen LogP) is 1.97. The first-order valence-corrected chi connectivity index (χ1v) is 5.14. The van der Waals surface area contributed by atoms with Crippen LogP contribution in [0.2, 0.25) is 0 Å². The van der Waals surface area contributed by atoms with Crippen molar-refractivity contribution in [1.29, 1.82) is 0 Å². The zero-order valence-electron chi connectivity index (χ0n) is 9.01. The zero-order valence-corrected chi connectivity index (χ0v) is 9.01. The van der Waals surface area contributed by atoms with Crippen molar-refractivity contribution in [3.63, 3.8) is 0 Å². The molecule has 1 aromatic rings. The molecule has 3 nitrogen and oxygen atoms in total. The smallest absolute Gasteiger partial charge is 0.117 e. The summed E-state index contributed by atoms with van der Waals surface area (Å²) in [6, 6.07) is 4.06. The summed E-state index contributed by atoms with van der Waals surface area (Å²) in [5.41, 5.74) is 0. The van der Waals surface area contributed by atoms with Crippen LogP contribution in [0, 0.1) is 0 Å². The Labute approximate surface area is 85.4 Å². The van der Waals surface area contributed by atoms with Crippen molar-refractivity contribution < 1.29 is 9.15 Å². The van der Waals surface area contributed by atoms with E-state index < -0.39 is 0 Å². The Morgan fingerprint density at radius 3 is 2.79 bits per heavy atom. The van der Waals surface area contributed by atoms with Gasteiger partial charge in [0.25, 0.3) is 0 Å². The second-order valence-corrected chi connectivity index (χ2v) is 3.24. The molecule has 0 saturated carbocycles. The minimum absolute atomic E-state index is 0.809. The van der Waals surface area contributed by atoms with Gasteiger partial charge in [0.1, 0.15) is 11.5 Å². The Morgan fingerprint density at radius 2 is 2.14 bits per heavy atom. The topological polar surface area (TPSA) is 34.4 Å². The van der Waals surface area contributed by atoms with Gasteiger partial charge in [-0.15, -0.1) is 0 Å². The van der Waals surface area contributed by atoms with E-state index in [1.165, 1.54) is 0 Å². The predicted molar refractivity (Wildman–Crippen MR) is 56.3 cm³/mol.